The van der Waals surface area contributed by atoms with Crippen molar-refractivity contribution in [3.8, 4) is 0 Å². The molecule has 3 nitrogen and oxygen atoms in total. The van der Waals surface area contributed by atoms with Gasteiger partial charge in [0.05, 0.1) is 16.1 Å². The number of nitrogens with one attached hydrogen (secondary N) is 2. The van der Waals surface area contributed by atoms with Crippen LogP contribution in [-0.4, -0.2) is 9.97 Å². The highest BCUT2D eigenvalue weighted by atomic mass is 35.5. The molecule has 0 saturated carbocycles. The van der Waals surface area contributed by atoms with Gasteiger partial charge in [-0.05, 0) is 18.6 Å². The molecule has 0 bridgehead atoms. The summed E-state index contributed by atoms with van der Waals surface area (Å²) in [6.45, 7) is 2.00. The number of H-pyrrole nitrogens is 1. The molecule has 0 aliphatic rings. The Morgan fingerprint density at radius 3 is 2.88 bits per heavy atom. The molecule has 2 N–H and O–H groups in total. The van der Waals surface area contributed by atoms with E-state index in [4.69, 9.17) is 23.2 Å². The van der Waals surface area contributed by atoms with Crippen molar-refractivity contribution in [2.24, 2.45) is 0 Å². The van der Waals surface area contributed by atoms with Gasteiger partial charge in [0.15, 0.2) is 0 Å². The molecule has 0 radical (unpaired) electrons. The van der Waals surface area contributed by atoms with Gasteiger partial charge in [0.25, 0.3) is 0 Å². The number of benzene rings is 1. The first-order valence-corrected chi connectivity index (χ1v) is 5.64. The molecule has 1 atom stereocenters. The van der Waals surface area contributed by atoms with E-state index in [2.05, 4.69) is 15.3 Å². The maximum atomic E-state index is 6.13. The van der Waals surface area contributed by atoms with Gasteiger partial charge >= 0.3 is 0 Å². The van der Waals surface area contributed by atoms with Crippen molar-refractivity contribution in [3.63, 3.8) is 0 Å². The smallest absolute Gasteiger partial charge is 0.200 e. The van der Waals surface area contributed by atoms with Gasteiger partial charge in [0.1, 0.15) is 0 Å². The Morgan fingerprint density at radius 2 is 2.19 bits per heavy atom. The van der Waals surface area contributed by atoms with Crippen molar-refractivity contribution in [1.82, 2.24) is 9.97 Å². The lowest BCUT2D eigenvalue weighted by Gasteiger charge is -2.15. The van der Waals surface area contributed by atoms with Crippen LogP contribution in [0.3, 0.4) is 0 Å². The van der Waals surface area contributed by atoms with E-state index >= 15 is 0 Å². The van der Waals surface area contributed by atoms with E-state index in [1.165, 1.54) is 0 Å². The molecule has 1 aromatic carbocycles. The summed E-state index contributed by atoms with van der Waals surface area (Å²) < 4.78 is 0. The van der Waals surface area contributed by atoms with E-state index in [9.17, 15) is 0 Å². The summed E-state index contributed by atoms with van der Waals surface area (Å²) in [7, 11) is 0. The van der Waals surface area contributed by atoms with Gasteiger partial charge in [-0.25, -0.2) is 4.98 Å². The SMILES string of the molecule is C[C@@H](Nc1ncc[nH]1)c1cccc(Cl)c1Cl. The Bertz CT molecular complexity index is 468. The van der Waals surface area contributed by atoms with Crippen molar-refractivity contribution >= 4 is 29.2 Å². The van der Waals surface area contributed by atoms with E-state index < -0.39 is 0 Å². The average molecular weight is 256 g/mol. The lowest BCUT2D eigenvalue weighted by molar-refractivity contribution is 0.868. The normalized spacial score (nSPS) is 12.4. The number of hydrogen-bond donors (Lipinski definition) is 2. The van der Waals surface area contributed by atoms with Gasteiger partial charge in [-0.2, -0.15) is 0 Å². The Kier molecular flexibility index (Phi) is 3.36. The molecule has 0 spiro atoms. The summed E-state index contributed by atoms with van der Waals surface area (Å²) in [6.07, 6.45) is 3.45. The first kappa shape index (κ1) is 11.3. The number of anilines is 1. The number of aromatic amines is 1. The number of imidazole rings is 1. The Labute approximate surface area is 104 Å². The standard InChI is InChI=1S/C11H11Cl2N3/c1-7(16-11-14-5-6-15-11)8-3-2-4-9(12)10(8)13/h2-7H,1H3,(H2,14,15,16)/t7-/m1/s1. The van der Waals surface area contributed by atoms with Crippen LogP contribution in [0.25, 0.3) is 0 Å². The molecule has 16 heavy (non-hydrogen) atoms. The first-order valence-electron chi connectivity index (χ1n) is 4.88. The first-order chi connectivity index (χ1) is 7.68. The van der Waals surface area contributed by atoms with Gasteiger partial charge in [0, 0.05) is 12.4 Å². The summed E-state index contributed by atoms with van der Waals surface area (Å²) >= 11 is 12.1. The molecular weight excluding hydrogens is 245 g/mol. The van der Waals surface area contributed by atoms with E-state index in [1.54, 1.807) is 18.5 Å². The fraction of sp³-hybridized carbons (Fsp3) is 0.182. The predicted molar refractivity (Wildman–Crippen MR) is 67.1 cm³/mol. The number of halogens is 2. The predicted octanol–water partition coefficient (Wildman–Crippen LogP) is 3.89. The van der Waals surface area contributed by atoms with Crippen LogP contribution in [0.4, 0.5) is 5.95 Å². The summed E-state index contributed by atoms with van der Waals surface area (Å²) in [6, 6.07) is 5.63. The minimum absolute atomic E-state index is 0.0392. The summed E-state index contributed by atoms with van der Waals surface area (Å²) in [4.78, 5) is 7.06. The van der Waals surface area contributed by atoms with Crippen molar-refractivity contribution in [1.29, 1.82) is 0 Å². The fourth-order valence-electron chi connectivity index (χ4n) is 1.48. The Balaban J connectivity index is 2.21. The van der Waals surface area contributed by atoms with Crippen LogP contribution in [-0.2, 0) is 0 Å². The molecule has 1 aromatic heterocycles. The second-order valence-electron chi connectivity index (χ2n) is 3.45. The molecule has 2 rings (SSSR count). The molecule has 0 aliphatic heterocycles. The zero-order valence-electron chi connectivity index (χ0n) is 8.67. The third-order valence-electron chi connectivity index (χ3n) is 2.30. The van der Waals surface area contributed by atoms with Crippen LogP contribution in [0.2, 0.25) is 10.0 Å². The second-order valence-corrected chi connectivity index (χ2v) is 4.23. The van der Waals surface area contributed by atoms with E-state index in [1.807, 2.05) is 19.1 Å². The fourth-order valence-corrected chi connectivity index (χ4v) is 1.95. The number of aromatic nitrogens is 2. The molecular formula is C11H11Cl2N3. The summed E-state index contributed by atoms with van der Waals surface area (Å²) in [5.74, 6) is 0.712. The van der Waals surface area contributed by atoms with Gasteiger partial charge in [-0.3, -0.25) is 0 Å². The Morgan fingerprint density at radius 1 is 1.38 bits per heavy atom. The minimum Gasteiger partial charge on any atom is -0.349 e. The highest BCUT2D eigenvalue weighted by molar-refractivity contribution is 6.42. The topological polar surface area (TPSA) is 40.7 Å². The van der Waals surface area contributed by atoms with Crippen molar-refractivity contribution in [3.05, 3.63) is 46.2 Å². The minimum atomic E-state index is 0.0392. The van der Waals surface area contributed by atoms with Gasteiger partial charge in [-0.1, -0.05) is 35.3 Å². The van der Waals surface area contributed by atoms with Crippen LogP contribution in [0.5, 0.6) is 0 Å². The van der Waals surface area contributed by atoms with Crippen LogP contribution in [0, 0.1) is 0 Å². The van der Waals surface area contributed by atoms with Gasteiger partial charge in [0.2, 0.25) is 5.95 Å². The summed E-state index contributed by atoms with van der Waals surface area (Å²) in [5.41, 5.74) is 0.950. The van der Waals surface area contributed by atoms with Crippen LogP contribution in [0.1, 0.15) is 18.5 Å². The number of hydrogen-bond acceptors (Lipinski definition) is 2. The molecule has 0 fully saturated rings. The molecule has 1 heterocycles. The Hall–Kier alpha value is -1.19. The van der Waals surface area contributed by atoms with E-state index in [-0.39, 0.29) is 6.04 Å². The van der Waals surface area contributed by atoms with Crippen molar-refractivity contribution in [2.75, 3.05) is 5.32 Å². The number of rotatable bonds is 3. The van der Waals surface area contributed by atoms with E-state index in [0.29, 0.717) is 16.0 Å². The third kappa shape index (κ3) is 2.31. The van der Waals surface area contributed by atoms with Crippen molar-refractivity contribution < 1.29 is 0 Å². The molecule has 84 valence electrons. The zero-order valence-corrected chi connectivity index (χ0v) is 10.2. The monoisotopic (exact) mass is 255 g/mol. The lowest BCUT2D eigenvalue weighted by Crippen LogP contribution is -2.08. The maximum absolute atomic E-state index is 6.13. The van der Waals surface area contributed by atoms with Crippen LogP contribution >= 0.6 is 23.2 Å². The molecule has 0 unspecified atom stereocenters. The molecule has 0 saturated heterocycles. The molecule has 5 heteroatoms. The van der Waals surface area contributed by atoms with Gasteiger partial charge in [-0.15, -0.1) is 0 Å². The molecule has 0 amide bonds. The molecule has 2 aromatic rings. The zero-order chi connectivity index (χ0) is 11.5. The highest BCUT2D eigenvalue weighted by Crippen LogP contribution is 2.30. The quantitative estimate of drug-likeness (QED) is 0.874. The number of nitrogens with zero attached hydrogens (tertiary/aromatic N) is 1. The third-order valence-corrected chi connectivity index (χ3v) is 3.13. The van der Waals surface area contributed by atoms with E-state index in [0.717, 1.165) is 5.56 Å². The molecule has 0 aliphatic carbocycles. The maximum Gasteiger partial charge on any atom is 0.200 e. The van der Waals surface area contributed by atoms with Gasteiger partial charge < -0.3 is 10.3 Å². The summed E-state index contributed by atoms with van der Waals surface area (Å²) in [5, 5.41) is 4.34. The van der Waals surface area contributed by atoms with Crippen molar-refractivity contribution in [2.45, 2.75) is 13.0 Å². The highest BCUT2D eigenvalue weighted by Gasteiger charge is 2.12. The van der Waals surface area contributed by atoms with Crippen LogP contribution in [0.15, 0.2) is 30.6 Å². The van der Waals surface area contributed by atoms with Crippen LogP contribution < -0.4 is 5.32 Å². The average Bonchev–Trinajstić information content (AvgIpc) is 2.74. The lowest BCUT2D eigenvalue weighted by atomic mass is 10.1. The largest absolute Gasteiger partial charge is 0.349 e. The second kappa shape index (κ2) is 4.76.